The topological polar surface area (TPSA) is 119 Å². The van der Waals surface area contributed by atoms with Gasteiger partial charge in [0.25, 0.3) is 5.69 Å². The number of carbonyl (C=O) groups is 1. The van der Waals surface area contributed by atoms with Crippen molar-refractivity contribution in [2.24, 2.45) is 0 Å². The molecule has 0 aliphatic rings. The maximum Gasteiger partial charge on any atom is 0.271 e. The van der Waals surface area contributed by atoms with Crippen LogP contribution in [0.4, 0.5) is 17.1 Å². The largest absolute Gasteiger partial charge is 0.495 e. The van der Waals surface area contributed by atoms with Gasteiger partial charge in [-0.3, -0.25) is 19.2 Å². The molecule has 10 heteroatoms. The molecule has 1 N–H and O–H groups in total. The zero-order valence-electron chi connectivity index (χ0n) is 16.6. The second kappa shape index (κ2) is 8.91. The predicted octanol–water partition coefficient (Wildman–Crippen LogP) is 3.13. The highest BCUT2D eigenvalue weighted by molar-refractivity contribution is 7.92. The third-order valence-electron chi connectivity index (χ3n) is 4.19. The number of ether oxygens (including phenoxy) is 1. The molecule has 0 spiro atoms. The first-order chi connectivity index (χ1) is 13.5. The SMILES string of the molecule is COc1ccc([N+](=O)[O-])cc1N(CC(=O)Nc1ccc(C(C)C)cc1)S(C)(=O)=O. The van der Waals surface area contributed by atoms with E-state index in [2.05, 4.69) is 5.32 Å². The highest BCUT2D eigenvalue weighted by Gasteiger charge is 2.26. The van der Waals surface area contributed by atoms with E-state index >= 15 is 0 Å². The number of nitro benzene ring substituents is 1. The summed E-state index contributed by atoms with van der Waals surface area (Å²) in [6, 6.07) is 10.7. The van der Waals surface area contributed by atoms with Gasteiger partial charge in [0.2, 0.25) is 15.9 Å². The van der Waals surface area contributed by atoms with Gasteiger partial charge in [-0.2, -0.15) is 0 Å². The van der Waals surface area contributed by atoms with E-state index in [-0.39, 0.29) is 17.1 Å². The molecule has 2 rings (SSSR count). The summed E-state index contributed by atoms with van der Waals surface area (Å²) in [4.78, 5) is 22.9. The molecule has 9 nitrogen and oxygen atoms in total. The van der Waals surface area contributed by atoms with E-state index in [1.54, 1.807) is 12.1 Å². The highest BCUT2D eigenvalue weighted by atomic mass is 32.2. The number of hydrogen-bond donors (Lipinski definition) is 1. The molecule has 0 unspecified atom stereocenters. The van der Waals surface area contributed by atoms with Crippen molar-refractivity contribution in [2.45, 2.75) is 19.8 Å². The Labute approximate surface area is 169 Å². The number of anilines is 2. The molecule has 0 aliphatic heterocycles. The van der Waals surface area contributed by atoms with Crippen LogP contribution in [0.1, 0.15) is 25.3 Å². The van der Waals surface area contributed by atoms with Crippen LogP contribution in [0.5, 0.6) is 5.75 Å². The summed E-state index contributed by atoms with van der Waals surface area (Å²) in [5.74, 6) is -0.168. The zero-order chi connectivity index (χ0) is 21.8. The van der Waals surface area contributed by atoms with E-state index in [0.717, 1.165) is 22.2 Å². The predicted molar refractivity (Wildman–Crippen MR) is 111 cm³/mol. The number of nitrogens with zero attached hydrogens (tertiary/aromatic N) is 2. The lowest BCUT2D eigenvalue weighted by atomic mass is 10.0. The number of rotatable bonds is 8. The molecule has 0 atom stereocenters. The fourth-order valence-corrected chi connectivity index (χ4v) is 3.50. The van der Waals surface area contributed by atoms with Crippen molar-refractivity contribution >= 4 is 33.0 Å². The van der Waals surface area contributed by atoms with Gasteiger partial charge in [0.15, 0.2) is 0 Å². The second-order valence-corrected chi connectivity index (χ2v) is 8.61. The molecular weight excluding hydrogens is 398 g/mol. The smallest absolute Gasteiger partial charge is 0.271 e. The van der Waals surface area contributed by atoms with Gasteiger partial charge >= 0.3 is 0 Å². The maximum absolute atomic E-state index is 12.5. The van der Waals surface area contributed by atoms with Gasteiger partial charge in [0.1, 0.15) is 18.0 Å². The molecule has 0 radical (unpaired) electrons. The fraction of sp³-hybridized carbons (Fsp3) is 0.316. The third kappa shape index (κ3) is 5.67. The van der Waals surface area contributed by atoms with Gasteiger partial charge in [-0.05, 0) is 29.7 Å². The Morgan fingerprint density at radius 3 is 2.31 bits per heavy atom. The highest BCUT2D eigenvalue weighted by Crippen LogP contribution is 2.33. The Bertz CT molecular complexity index is 1000. The number of methoxy groups -OCH3 is 1. The minimum Gasteiger partial charge on any atom is -0.495 e. The zero-order valence-corrected chi connectivity index (χ0v) is 17.4. The summed E-state index contributed by atoms with van der Waals surface area (Å²) in [5, 5.41) is 13.7. The van der Waals surface area contributed by atoms with Crippen molar-refractivity contribution < 1.29 is 22.9 Å². The number of non-ortho nitro benzene ring substituents is 1. The Kier molecular flexibility index (Phi) is 6.80. The summed E-state index contributed by atoms with van der Waals surface area (Å²) in [7, 11) is -2.62. The molecule has 0 bridgehead atoms. The second-order valence-electron chi connectivity index (χ2n) is 6.71. The normalized spacial score (nSPS) is 11.2. The van der Waals surface area contributed by atoms with Crippen molar-refractivity contribution in [1.29, 1.82) is 0 Å². The first-order valence-electron chi connectivity index (χ1n) is 8.73. The lowest BCUT2D eigenvalue weighted by Crippen LogP contribution is -2.37. The minimum atomic E-state index is -3.93. The van der Waals surface area contributed by atoms with E-state index in [9.17, 15) is 23.3 Å². The number of nitro groups is 1. The molecule has 0 heterocycles. The van der Waals surface area contributed by atoms with Gasteiger partial charge in [-0.1, -0.05) is 26.0 Å². The molecule has 0 saturated carbocycles. The Morgan fingerprint density at radius 2 is 1.83 bits per heavy atom. The van der Waals surface area contributed by atoms with Gasteiger partial charge < -0.3 is 10.1 Å². The summed E-state index contributed by atoms with van der Waals surface area (Å²) in [6.07, 6.45) is 0.913. The monoisotopic (exact) mass is 421 g/mol. The van der Waals surface area contributed by atoms with Crippen LogP contribution in [0, 0.1) is 10.1 Å². The summed E-state index contributed by atoms with van der Waals surface area (Å²) >= 11 is 0. The summed E-state index contributed by atoms with van der Waals surface area (Å²) < 4.78 is 30.5. The van der Waals surface area contributed by atoms with E-state index in [1.165, 1.54) is 19.2 Å². The maximum atomic E-state index is 12.5. The van der Waals surface area contributed by atoms with Crippen LogP contribution in [-0.4, -0.2) is 39.2 Å². The standard InChI is InChI=1S/C19H23N3O6S/c1-13(2)14-5-7-15(8-6-14)20-19(23)12-21(29(4,26)27)17-11-16(22(24)25)9-10-18(17)28-3/h5-11,13H,12H2,1-4H3,(H,20,23). The fourth-order valence-electron chi connectivity index (χ4n) is 2.65. The van der Waals surface area contributed by atoms with Crippen molar-refractivity contribution in [3.05, 3.63) is 58.1 Å². The Balaban J connectivity index is 2.31. The molecule has 2 aromatic rings. The van der Waals surface area contributed by atoms with E-state index in [1.807, 2.05) is 26.0 Å². The van der Waals surface area contributed by atoms with Crippen molar-refractivity contribution in [1.82, 2.24) is 0 Å². The molecule has 156 valence electrons. The van der Waals surface area contributed by atoms with Gasteiger partial charge in [-0.15, -0.1) is 0 Å². The van der Waals surface area contributed by atoms with Crippen LogP contribution >= 0.6 is 0 Å². The average molecular weight is 421 g/mol. The molecule has 0 aliphatic carbocycles. The van der Waals surface area contributed by atoms with Gasteiger partial charge in [0.05, 0.1) is 18.3 Å². The first-order valence-corrected chi connectivity index (χ1v) is 10.6. The number of hydrogen-bond acceptors (Lipinski definition) is 6. The minimum absolute atomic E-state index is 0.0884. The molecule has 0 fully saturated rings. The number of amides is 1. The molecule has 0 aromatic heterocycles. The quantitative estimate of drug-likeness (QED) is 0.517. The van der Waals surface area contributed by atoms with Crippen molar-refractivity contribution in [3.8, 4) is 5.75 Å². The first kappa shape index (κ1) is 22.2. The summed E-state index contributed by atoms with van der Waals surface area (Å²) in [5.41, 5.74) is 1.20. The van der Waals surface area contributed by atoms with Crippen LogP contribution in [0.15, 0.2) is 42.5 Å². The van der Waals surface area contributed by atoms with Crippen LogP contribution in [0.25, 0.3) is 0 Å². The van der Waals surface area contributed by atoms with Crippen molar-refractivity contribution in [2.75, 3.05) is 29.5 Å². The van der Waals surface area contributed by atoms with Gasteiger partial charge in [-0.25, -0.2) is 8.42 Å². The molecule has 1 amide bonds. The average Bonchev–Trinajstić information content (AvgIpc) is 2.65. The van der Waals surface area contributed by atoms with Crippen LogP contribution in [0.3, 0.4) is 0 Å². The summed E-state index contributed by atoms with van der Waals surface area (Å²) in [6.45, 7) is 3.52. The van der Waals surface area contributed by atoms with Crippen LogP contribution < -0.4 is 14.4 Å². The van der Waals surface area contributed by atoms with Crippen molar-refractivity contribution in [3.63, 3.8) is 0 Å². The van der Waals surface area contributed by atoms with E-state index < -0.39 is 27.4 Å². The van der Waals surface area contributed by atoms with Crippen LogP contribution in [-0.2, 0) is 14.8 Å². The Morgan fingerprint density at radius 1 is 1.21 bits per heavy atom. The van der Waals surface area contributed by atoms with Gasteiger partial charge in [0, 0.05) is 17.8 Å². The lowest BCUT2D eigenvalue weighted by molar-refractivity contribution is -0.384. The van der Waals surface area contributed by atoms with Crippen LogP contribution in [0.2, 0.25) is 0 Å². The molecule has 2 aromatic carbocycles. The third-order valence-corrected chi connectivity index (χ3v) is 5.32. The molecule has 0 saturated heterocycles. The lowest BCUT2D eigenvalue weighted by Gasteiger charge is -2.23. The number of sulfonamides is 1. The number of benzene rings is 2. The Hall–Kier alpha value is -3.14. The van der Waals surface area contributed by atoms with E-state index in [0.29, 0.717) is 11.6 Å². The number of carbonyl (C=O) groups excluding carboxylic acids is 1. The number of nitrogens with one attached hydrogen (secondary N) is 1. The molecule has 29 heavy (non-hydrogen) atoms. The van der Waals surface area contributed by atoms with E-state index in [4.69, 9.17) is 4.74 Å². The molecular formula is C19H23N3O6S.